The molecule has 0 aromatic heterocycles. The van der Waals surface area contributed by atoms with Gasteiger partial charge in [0.2, 0.25) is 0 Å². The number of ketones is 1. The number of carbonyl (C=O) groups is 1. The largest absolute Gasteiger partial charge is 0.507 e. The minimum Gasteiger partial charge on any atom is -0.507 e. The summed E-state index contributed by atoms with van der Waals surface area (Å²) in [4.78, 5) is 11.1. The van der Waals surface area contributed by atoms with E-state index < -0.39 is 5.82 Å². The Morgan fingerprint density at radius 3 is 2.87 bits per heavy atom. The molecule has 78 valence electrons. The maximum Gasteiger partial charge on any atom is 0.165 e. The first kappa shape index (κ1) is 9.71. The quantitative estimate of drug-likeness (QED) is 0.766. The Morgan fingerprint density at radius 1 is 1.47 bits per heavy atom. The molecule has 4 heteroatoms. The fraction of sp³-hybridized carbons (Fsp3) is 0.182. The van der Waals surface area contributed by atoms with Crippen molar-refractivity contribution in [3.05, 3.63) is 35.2 Å². The van der Waals surface area contributed by atoms with Crippen molar-refractivity contribution in [3.8, 4) is 5.75 Å². The van der Waals surface area contributed by atoms with Gasteiger partial charge in [0.1, 0.15) is 5.76 Å². The highest BCUT2D eigenvalue weighted by atomic mass is 19.1. The number of ether oxygens (including phenoxy) is 1. The minimum absolute atomic E-state index is 0.0799. The standard InChI is InChI=1S/C11H9FO3/c1-15-11-3-6-2-7(13)4-10(14)8(6)5-9(11)12/h3-5,14H,2H2,1H3. The summed E-state index contributed by atoms with van der Waals surface area (Å²) < 4.78 is 18.1. The molecule has 0 saturated heterocycles. The number of aliphatic hydroxyl groups is 1. The number of fused-ring (bicyclic) bond motifs is 1. The van der Waals surface area contributed by atoms with E-state index in [-0.39, 0.29) is 23.7 Å². The van der Waals surface area contributed by atoms with Gasteiger partial charge in [0, 0.05) is 18.1 Å². The molecule has 0 spiro atoms. The van der Waals surface area contributed by atoms with Crippen LogP contribution in [0.5, 0.6) is 5.75 Å². The van der Waals surface area contributed by atoms with Crippen LogP contribution in [0.15, 0.2) is 18.2 Å². The molecule has 0 amide bonds. The zero-order valence-corrected chi connectivity index (χ0v) is 8.08. The summed E-state index contributed by atoms with van der Waals surface area (Å²) in [6.45, 7) is 0. The van der Waals surface area contributed by atoms with Crippen molar-refractivity contribution in [2.24, 2.45) is 0 Å². The highest BCUT2D eigenvalue weighted by Crippen LogP contribution is 2.29. The SMILES string of the molecule is COc1cc2c(cc1F)C(O)=CC(=O)C2. The Labute approximate surface area is 85.8 Å². The van der Waals surface area contributed by atoms with E-state index in [0.717, 1.165) is 6.08 Å². The van der Waals surface area contributed by atoms with E-state index in [4.69, 9.17) is 4.74 Å². The lowest BCUT2D eigenvalue weighted by molar-refractivity contribution is -0.114. The molecule has 1 aromatic rings. The Hall–Kier alpha value is -1.84. The van der Waals surface area contributed by atoms with Crippen LogP contribution in [0, 0.1) is 5.82 Å². The molecule has 1 aliphatic rings. The molecule has 0 aliphatic heterocycles. The van der Waals surface area contributed by atoms with Gasteiger partial charge in [-0.3, -0.25) is 4.79 Å². The average Bonchev–Trinajstić information content (AvgIpc) is 2.18. The van der Waals surface area contributed by atoms with Gasteiger partial charge in [0.05, 0.1) is 7.11 Å². The number of halogens is 1. The predicted octanol–water partition coefficient (Wildman–Crippen LogP) is 1.86. The summed E-state index contributed by atoms with van der Waals surface area (Å²) >= 11 is 0. The van der Waals surface area contributed by atoms with Crippen LogP contribution >= 0.6 is 0 Å². The molecule has 0 fully saturated rings. The summed E-state index contributed by atoms with van der Waals surface area (Å²) in [5, 5.41) is 9.45. The first-order valence-corrected chi connectivity index (χ1v) is 4.42. The van der Waals surface area contributed by atoms with Crippen molar-refractivity contribution in [2.75, 3.05) is 7.11 Å². The highest BCUT2D eigenvalue weighted by Gasteiger charge is 2.19. The average molecular weight is 208 g/mol. The first-order valence-electron chi connectivity index (χ1n) is 4.42. The molecule has 0 radical (unpaired) electrons. The number of hydrogen-bond acceptors (Lipinski definition) is 3. The van der Waals surface area contributed by atoms with Gasteiger partial charge in [0.25, 0.3) is 0 Å². The fourth-order valence-corrected chi connectivity index (χ4v) is 1.61. The van der Waals surface area contributed by atoms with Gasteiger partial charge in [0.15, 0.2) is 17.3 Å². The van der Waals surface area contributed by atoms with Crippen LogP contribution in [0.2, 0.25) is 0 Å². The van der Waals surface area contributed by atoms with Crippen molar-refractivity contribution in [1.82, 2.24) is 0 Å². The Morgan fingerprint density at radius 2 is 2.20 bits per heavy atom. The van der Waals surface area contributed by atoms with Gasteiger partial charge in [-0.15, -0.1) is 0 Å². The number of benzene rings is 1. The van der Waals surface area contributed by atoms with E-state index in [1.165, 1.54) is 19.2 Å². The van der Waals surface area contributed by atoms with E-state index in [2.05, 4.69) is 0 Å². The van der Waals surface area contributed by atoms with E-state index >= 15 is 0 Å². The topological polar surface area (TPSA) is 46.5 Å². The Kier molecular flexibility index (Phi) is 2.19. The van der Waals surface area contributed by atoms with Crippen molar-refractivity contribution >= 4 is 11.5 Å². The van der Waals surface area contributed by atoms with Crippen LogP contribution in [0.3, 0.4) is 0 Å². The number of methoxy groups -OCH3 is 1. The fourth-order valence-electron chi connectivity index (χ4n) is 1.61. The number of rotatable bonds is 1. The van der Waals surface area contributed by atoms with Crippen molar-refractivity contribution < 1.29 is 19.0 Å². The second kappa shape index (κ2) is 3.38. The van der Waals surface area contributed by atoms with E-state index in [1.54, 1.807) is 0 Å². The van der Waals surface area contributed by atoms with Crippen molar-refractivity contribution in [3.63, 3.8) is 0 Å². The van der Waals surface area contributed by atoms with Crippen LogP contribution in [0.1, 0.15) is 11.1 Å². The molecule has 0 atom stereocenters. The van der Waals surface area contributed by atoms with Crippen LogP contribution < -0.4 is 4.74 Å². The first-order chi connectivity index (χ1) is 7.11. The zero-order chi connectivity index (χ0) is 11.0. The summed E-state index contributed by atoms with van der Waals surface area (Å²) in [6, 6.07) is 2.61. The molecule has 0 heterocycles. The molecule has 0 unspecified atom stereocenters. The van der Waals surface area contributed by atoms with Gasteiger partial charge in [-0.2, -0.15) is 0 Å². The van der Waals surface area contributed by atoms with E-state index in [9.17, 15) is 14.3 Å². The van der Waals surface area contributed by atoms with Gasteiger partial charge >= 0.3 is 0 Å². The zero-order valence-electron chi connectivity index (χ0n) is 8.08. The molecule has 0 saturated carbocycles. The summed E-state index contributed by atoms with van der Waals surface area (Å²) in [5.74, 6) is -0.863. The minimum atomic E-state index is -0.550. The Balaban J connectivity index is 2.60. The lowest BCUT2D eigenvalue weighted by atomic mass is 9.95. The maximum atomic E-state index is 13.3. The molecule has 15 heavy (non-hydrogen) atoms. The third-order valence-electron chi connectivity index (χ3n) is 2.32. The molecule has 1 N–H and O–H groups in total. The number of allylic oxidation sites excluding steroid dienone is 1. The second-order valence-corrected chi connectivity index (χ2v) is 3.32. The second-order valence-electron chi connectivity index (χ2n) is 3.32. The van der Waals surface area contributed by atoms with Crippen molar-refractivity contribution in [2.45, 2.75) is 6.42 Å². The Bertz CT molecular complexity index is 463. The van der Waals surface area contributed by atoms with Crippen LogP contribution in [0.4, 0.5) is 4.39 Å². The van der Waals surface area contributed by atoms with E-state index in [0.29, 0.717) is 11.1 Å². The smallest absolute Gasteiger partial charge is 0.165 e. The molecule has 1 aliphatic carbocycles. The lowest BCUT2D eigenvalue weighted by Gasteiger charge is -2.14. The van der Waals surface area contributed by atoms with Crippen LogP contribution in [-0.2, 0) is 11.2 Å². The van der Waals surface area contributed by atoms with Gasteiger partial charge in [-0.05, 0) is 17.7 Å². The molecule has 3 nitrogen and oxygen atoms in total. The third-order valence-corrected chi connectivity index (χ3v) is 2.32. The van der Waals surface area contributed by atoms with Crippen LogP contribution in [0.25, 0.3) is 5.76 Å². The number of aliphatic hydroxyl groups excluding tert-OH is 1. The number of carbonyl (C=O) groups excluding carboxylic acids is 1. The normalized spacial score (nSPS) is 14.5. The van der Waals surface area contributed by atoms with Crippen molar-refractivity contribution in [1.29, 1.82) is 0 Å². The van der Waals surface area contributed by atoms with Gasteiger partial charge in [-0.1, -0.05) is 0 Å². The summed E-state index contributed by atoms with van der Waals surface area (Å²) in [6.07, 6.45) is 1.27. The van der Waals surface area contributed by atoms with Crippen LogP contribution in [-0.4, -0.2) is 18.0 Å². The summed E-state index contributed by atoms with van der Waals surface area (Å²) in [7, 11) is 1.35. The maximum absolute atomic E-state index is 13.3. The number of hydrogen-bond donors (Lipinski definition) is 1. The van der Waals surface area contributed by atoms with Gasteiger partial charge in [-0.25, -0.2) is 4.39 Å². The van der Waals surface area contributed by atoms with Gasteiger partial charge < -0.3 is 9.84 Å². The monoisotopic (exact) mass is 208 g/mol. The molecular formula is C11H9FO3. The molecule has 1 aromatic carbocycles. The molecular weight excluding hydrogens is 199 g/mol. The lowest BCUT2D eigenvalue weighted by Crippen LogP contribution is -2.10. The molecule has 2 rings (SSSR count). The molecule has 0 bridgehead atoms. The third kappa shape index (κ3) is 1.58. The predicted molar refractivity (Wildman–Crippen MR) is 52.3 cm³/mol. The highest BCUT2D eigenvalue weighted by molar-refractivity contribution is 6.00. The van der Waals surface area contributed by atoms with E-state index in [1.807, 2.05) is 0 Å². The summed E-state index contributed by atoms with van der Waals surface area (Å²) in [5.41, 5.74) is 0.936.